The van der Waals surface area contributed by atoms with E-state index in [1.54, 1.807) is 12.1 Å². The fourth-order valence-corrected chi connectivity index (χ4v) is 6.00. The minimum Gasteiger partial charge on any atom is -0.359 e. The third-order valence-electron chi connectivity index (χ3n) is 6.73. The molecule has 5 nitrogen and oxygen atoms in total. The molecule has 5 rings (SSSR count). The standard InChI is InChI=1S/C19H21N3O2S/c23-22(24)13-4-5-18-11(8-13)6-7-21(18)19(25)20-17-10-12-9-16(17)15-3-1-2-14(12)15/h1,3-5,8,12,14-17H,2,6-7,9-10H2,(H,20,25)/t12-,14+,15-,16+,17-/m1/s1. The first-order valence-corrected chi connectivity index (χ1v) is 9.54. The molecule has 1 N–H and O–H groups in total. The van der Waals surface area contributed by atoms with Crippen LogP contribution in [0, 0.1) is 33.8 Å². The van der Waals surface area contributed by atoms with Crippen LogP contribution in [0.2, 0.25) is 0 Å². The van der Waals surface area contributed by atoms with Crippen LogP contribution in [0.1, 0.15) is 24.8 Å². The van der Waals surface area contributed by atoms with E-state index in [1.807, 2.05) is 6.07 Å². The maximum Gasteiger partial charge on any atom is 0.269 e. The number of nitrogens with zero attached hydrogens (tertiary/aromatic N) is 2. The van der Waals surface area contributed by atoms with Crippen molar-refractivity contribution in [2.24, 2.45) is 23.7 Å². The molecule has 0 radical (unpaired) electrons. The van der Waals surface area contributed by atoms with Crippen LogP contribution < -0.4 is 10.2 Å². The third kappa shape index (κ3) is 2.30. The second-order valence-corrected chi connectivity index (χ2v) is 8.21. The number of fused-ring (bicyclic) bond motifs is 6. The molecule has 130 valence electrons. The molecule has 0 saturated heterocycles. The van der Waals surface area contributed by atoms with Gasteiger partial charge in [-0.3, -0.25) is 10.1 Å². The van der Waals surface area contributed by atoms with E-state index in [2.05, 4.69) is 22.4 Å². The summed E-state index contributed by atoms with van der Waals surface area (Å²) < 4.78 is 0. The van der Waals surface area contributed by atoms with Gasteiger partial charge in [0.2, 0.25) is 0 Å². The summed E-state index contributed by atoms with van der Waals surface area (Å²) in [4.78, 5) is 12.7. The van der Waals surface area contributed by atoms with Crippen LogP contribution in [0.15, 0.2) is 30.4 Å². The summed E-state index contributed by atoms with van der Waals surface area (Å²) in [5.74, 6) is 3.18. The van der Waals surface area contributed by atoms with Gasteiger partial charge in [0.25, 0.3) is 5.69 Å². The first-order valence-electron chi connectivity index (χ1n) is 9.14. The van der Waals surface area contributed by atoms with Crippen molar-refractivity contribution in [1.29, 1.82) is 0 Å². The Morgan fingerprint density at radius 1 is 1.32 bits per heavy atom. The summed E-state index contributed by atoms with van der Waals surface area (Å²) in [6.45, 7) is 0.801. The van der Waals surface area contributed by atoms with Gasteiger partial charge in [0.05, 0.1) is 4.92 Å². The Morgan fingerprint density at radius 2 is 2.20 bits per heavy atom. The van der Waals surface area contributed by atoms with Crippen LogP contribution in [0.25, 0.3) is 0 Å². The lowest BCUT2D eigenvalue weighted by Crippen LogP contribution is -2.48. The summed E-state index contributed by atoms with van der Waals surface area (Å²) in [5, 5.41) is 15.4. The Labute approximate surface area is 152 Å². The van der Waals surface area contributed by atoms with E-state index < -0.39 is 0 Å². The van der Waals surface area contributed by atoms with Gasteiger partial charge >= 0.3 is 0 Å². The number of nitro benzene ring substituents is 1. The lowest BCUT2D eigenvalue weighted by Gasteiger charge is -2.34. The van der Waals surface area contributed by atoms with Gasteiger partial charge in [0.15, 0.2) is 5.11 Å². The van der Waals surface area contributed by atoms with Crippen molar-refractivity contribution in [2.45, 2.75) is 31.7 Å². The highest BCUT2D eigenvalue weighted by Gasteiger charge is 2.52. The van der Waals surface area contributed by atoms with E-state index in [-0.39, 0.29) is 10.6 Å². The normalized spacial score (nSPS) is 34.2. The maximum atomic E-state index is 11.0. The average Bonchev–Trinajstić information content (AvgIpc) is 3.34. The van der Waals surface area contributed by atoms with Crippen LogP contribution in [0.4, 0.5) is 11.4 Å². The van der Waals surface area contributed by atoms with Crippen LogP contribution in [0.3, 0.4) is 0 Å². The zero-order chi connectivity index (χ0) is 17.1. The molecule has 2 bridgehead atoms. The smallest absolute Gasteiger partial charge is 0.269 e. The van der Waals surface area contributed by atoms with Crippen molar-refractivity contribution < 1.29 is 4.92 Å². The van der Waals surface area contributed by atoms with Crippen LogP contribution in [-0.4, -0.2) is 22.6 Å². The maximum absolute atomic E-state index is 11.0. The van der Waals surface area contributed by atoms with Gasteiger partial charge in [-0.25, -0.2) is 0 Å². The molecule has 1 aliphatic heterocycles. The summed E-state index contributed by atoms with van der Waals surface area (Å²) in [5.41, 5.74) is 2.20. The summed E-state index contributed by atoms with van der Waals surface area (Å²) in [6, 6.07) is 5.57. The zero-order valence-electron chi connectivity index (χ0n) is 13.9. The summed E-state index contributed by atoms with van der Waals surface area (Å²) in [6.07, 6.45) is 9.43. The largest absolute Gasteiger partial charge is 0.359 e. The van der Waals surface area contributed by atoms with Crippen LogP contribution in [-0.2, 0) is 6.42 Å². The van der Waals surface area contributed by atoms with Gasteiger partial charge in [-0.15, -0.1) is 0 Å². The third-order valence-corrected chi connectivity index (χ3v) is 7.07. The zero-order valence-corrected chi connectivity index (χ0v) is 14.7. The summed E-state index contributed by atoms with van der Waals surface area (Å²) in [7, 11) is 0. The Kier molecular flexibility index (Phi) is 3.39. The van der Waals surface area contributed by atoms with Gasteiger partial charge in [-0.1, -0.05) is 12.2 Å². The van der Waals surface area contributed by atoms with E-state index in [4.69, 9.17) is 12.2 Å². The molecule has 1 heterocycles. The Hall–Kier alpha value is -1.95. The van der Waals surface area contributed by atoms with E-state index in [0.717, 1.165) is 47.1 Å². The van der Waals surface area contributed by atoms with Crippen molar-refractivity contribution in [3.63, 3.8) is 0 Å². The molecular formula is C19H21N3O2S. The molecule has 0 spiro atoms. The monoisotopic (exact) mass is 355 g/mol. The van der Waals surface area contributed by atoms with Crippen LogP contribution >= 0.6 is 12.2 Å². The van der Waals surface area contributed by atoms with Crippen molar-refractivity contribution in [3.8, 4) is 0 Å². The Bertz CT molecular complexity index is 793. The molecular weight excluding hydrogens is 334 g/mol. The fourth-order valence-electron chi connectivity index (χ4n) is 5.66. The van der Waals surface area contributed by atoms with E-state index >= 15 is 0 Å². The predicted octanol–water partition coefficient (Wildman–Crippen LogP) is 3.43. The van der Waals surface area contributed by atoms with Gasteiger partial charge in [0, 0.05) is 30.4 Å². The number of nitrogens with one attached hydrogen (secondary N) is 1. The van der Waals surface area contributed by atoms with Crippen LogP contribution in [0.5, 0.6) is 0 Å². The average molecular weight is 355 g/mol. The predicted molar refractivity (Wildman–Crippen MR) is 101 cm³/mol. The highest BCUT2D eigenvalue weighted by molar-refractivity contribution is 7.80. The number of thiocarbonyl (C=S) groups is 1. The molecule has 25 heavy (non-hydrogen) atoms. The quantitative estimate of drug-likeness (QED) is 0.381. The first-order chi connectivity index (χ1) is 12.1. The highest BCUT2D eigenvalue weighted by Crippen LogP contribution is 2.56. The van der Waals surface area contributed by atoms with Gasteiger partial charge < -0.3 is 10.2 Å². The first kappa shape index (κ1) is 15.3. The second kappa shape index (κ2) is 5.53. The molecule has 4 aliphatic rings. The molecule has 1 aromatic rings. The number of benzene rings is 1. The molecule has 6 heteroatoms. The molecule has 0 aromatic heterocycles. The minimum absolute atomic E-state index is 0.159. The number of hydrogen-bond donors (Lipinski definition) is 1. The number of nitro groups is 1. The lowest BCUT2D eigenvalue weighted by molar-refractivity contribution is -0.384. The molecule has 1 aromatic carbocycles. The Balaban J connectivity index is 1.31. The van der Waals surface area contributed by atoms with Gasteiger partial charge in [0.1, 0.15) is 0 Å². The van der Waals surface area contributed by atoms with Crippen molar-refractivity contribution >= 4 is 28.7 Å². The number of anilines is 1. The molecule has 0 unspecified atom stereocenters. The number of rotatable bonds is 2. The van der Waals surface area contributed by atoms with E-state index in [0.29, 0.717) is 12.0 Å². The SMILES string of the molecule is O=[N+]([O-])c1ccc2c(c1)CCN2C(=S)N[C@@H]1C[C@H]2C[C@H]1[C@@H]1C=CC[C@@H]21. The number of allylic oxidation sites excluding steroid dienone is 2. The summed E-state index contributed by atoms with van der Waals surface area (Å²) >= 11 is 5.71. The molecule has 2 fully saturated rings. The number of non-ortho nitro benzene ring substituents is 1. The van der Waals surface area contributed by atoms with E-state index in [9.17, 15) is 10.1 Å². The van der Waals surface area contributed by atoms with Crippen molar-refractivity contribution in [1.82, 2.24) is 5.32 Å². The van der Waals surface area contributed by atoms with Gasteiger partial charge in [-0.05, 0) is 73.2 Å². The number of hydrogen-bond acceptors (Lipinski definition) is 3. The molecule has 0 amide bonds. The minimum atomic E-state index is -0.333. The second-order valence-electron chi connectivity index (χ2n) is 7.83. The lowest BCUT2D eigenvalue weighted by atomic mass is 9.79. The molecule has 3 aliphatic carbocycles. The topological polar surface area (TPSA) is 58.4 Å². The molecule has 5 atom stereocenters. The van der Waals surface area contributed by atoms with Crippen molar-refractivity contribution in [3.05, 3.63) is 46.0 Å². The molecule has 2 saturated carbocycles. The van der Waals surface area contributed by atoms with Gasteiger partial charge in [-0.2, -0.15) is 0 Å². The highest BCUT2D eigenvalue weighted by atomic mass is 32.1. The van der Waals surface area contributed by atoms with Crippen molar-refractivity contribution in [2.75, 3.05) is 11.4 Å². The fraction of sp³-hybridized carbons (Fsp3) is 0.526. The van der Waals surface area contributed by atoms with E-state index in [1.165, 1.54) is 19.3 Å². The Morgan fingerprint density at radius 3 is 3.04 bits per heavy atom.